The predicted molar refractivity (Wildman–Crippen MR) is 58.9 cm³/mol. The molecule has 2 rings (SSSR count). The lowest BCUT2D eigenvalue weighted by molar-refractivity contribution is 0.275. The Labute approximate surface area is 89.8 Å². The van der Waals surface area contributed by atoms with E-state index in [9.17, 15) is 5.02 Å². The third kappa shape index (κ3) is 2.22. The van der Waals surface area contributed by atoms with Gasteiger partial charge in [-0.1, -0.05) is 18.2 Å². The highest BCUT2D eigenvalue weighted by Gasteiger charge is 2.29. The number of aryl methyl sites for hydroxylation is 1. The van der Waals surface area contributed by atoms with E-state index in [2.05, 4.69) is 0 Å². The van der Waals surface area contributed by atoms with Crippen molar-refractivity contribution in [3.05, 3.63) is 29.3 Å². The molecule has 0 aromatic heterocycles. The Hall–Kier alpha value is -0.835. The number of fused-ring (bicyclic) bond motifs is 1. The largest absolute Gasteiger partial charge is 0.492 e. The molecular weight excluding hydrogens is 191 g/mol. The van der Waals surface area contributed by atoms with E-state index in [-0.39, 0.29) is 6.61 Å². The molecule has 0 saturated carbocycles. The molecule has 15 heavy (non-hydrogen) atoms. The molecule has 1 aromatic carbocycles. The summed E-state index contributed by atoms with van der Waals surface area (Å²) in [6.07, 6.45) is 2.64. The van der Waals surface area contributed by atoms with Gasteiger partial charge in [0, 0.05) is 6.61 Å². The Kier molecular flexibility index (Phi) is 3.41. The van der Waals surface area contributed by atoms with Crippen LogP contribution in [0.3, 0.4) is 0 Å². The van der Waals surface area contributed by atoms with Crippen LogP contribution in [0.1, 0.15) is 24.0 Å². The van der Waals surface area contributed by atoms with E-state index >= 15 is 0 Å². The Balaban J connectivity index is 2.14. The number of hydrogen-bond donors (Lipinski definition) is 2. The molecule has 0 atom stereocenters. The summed E-state index contributed by atoms with van der Waals surface area (Å²) in [5, 5.41) is 18.4. The Morgan fingerprint density at radius 2 is 2.20 bits per heavy atom. The van der Waals surface area contributed by atoms with Gasteiger partial charge in [0.05, 0.1) is 6.61 Å². The number of aliphatic hydroxyl groups is 1. The first-order valence-electron chi connectivity index (χ1n) is 5.34. The van der Waals surface area contributed by atoms with Crippen molar-refractivity contribution >= 4 is 12.6 Å². The third-order valence-electron chi connectivity index (χ3n) is 2.78. The third-order valence-corrected chi connectivity index (χ3v) is 2.78. The molecule has 0 spiro atoms. The normalized spacial score (nSPS) is 14.4. The van der Waals surface area contributed by atoms with E-state index in [1.807, 2.05) is 18.2 Å². The van der Waals surface area contributed by atoms with Gasteiger partial charge in [0.15, 0.2) is 0 Å². The highest BCUT2D eigenvalue weighted by Crippen LogP contribution is 2.14. The van der Waals surface area contributed by atoms with E-state index in [0.717, 1.165) is 35.9 Å². The van der Waals surface area contributed by atoms with Crippen LogP contribution in [0.15, 0.2) is 18.2 Å². The van der Waals surface area contributed by atoms with Gasteiger partial charge in [-0.2, -0.15) is 0 Å². The molecule has 1 aliphatic rings. The maximum absolute atomic E-state index is 9.65. The molecule has 1 aromatic rings. The number of hydrogen-bond acceptors (Lipinski definition) is 3. The maximum Gasteiger partial charge on any atom is 0.492 e. The van der Waals surface area contributed by atoms with Crippen LogP contribution in [-0.2, 0) is 17.7 Å². The smallest absolute Gasteiger partial charge is 0.423 e. The Bertz CT molecular complexity index is 341. The van der Waals surface area contributed by atoms with Crippen LogP contribution in [0, 0.1) is 0 Å². The summed E-state index contributed by atoms with van der Waals surface area (Å²) in [6.45, 7) is 0.735. The quantitative estimate of drug-likeness (QED) is 0.547. The van der Waals surface area contributed by atoms with E-state index in [0.29, 0.717) is 6.61 Å². The molecule has 0 amide bonds. The zero-order chi connectivity index (χ0) is 10.7. The second kappa shape index (κ2) is 4.79. The van der Waals surface area contributed by atoms with Crippen LogP contribution < -0.4 is 5.46 Å². The minimum atomic E-state index is -0.759. The molecule has 1 heterocycles. The summed E-state index contributed by atoms with van der Waals surface area (Å²) in [4.78, 5) is 0. The van der Waals surface area contributed by atoms with Crippen LogP contribution in [0.25, 0.3) is 0 Å². The van der Waals surface area contributed by atoms with Crippen molar-refractivity contribution in [3.63, 3.8) is 0 Å². The summed E-state index contributed by atoms with van der Waals surface area (Å²) in [7, 11) is -0.759. The van der Waals surface area contributed by atoms with Gasteiger partial charge in [-0.15, -0.1) is 0 Å². The number of aliphatic hydroxyl groups excluding tert-OH is 1. The molecule has 1 aliphatic heterocycles. The lowest BCUT2D eigenvalue weighted by atomic mass is 9.75. The fraction of sp³-hybridized carbons (Fsp3) is 0.455. The lowest BCUT2D eigenvalue weighted by Gasteiger charge is -2.07. The average Bonchev–Trinajstić information content (AvgIpc) is 2.62. The van der Waals surface area contributed by atoms with Crippen molar-refractivity contribution in [2.24, 2.45) is 0 Å². The summed E-state index contributed by atoms with van der Waals surface area (Å²) in [6, 6.07) is 6.00. The highest BCUT2D eigenvalue weighted by atomic mass is 16.5. The lowest BCUT2D eigenvalue weighted by Crippen LogP contribution is -2.31. The Morgan fingerprint density at radius 3 is 3.00 bits per heavy atom. The van der Waals surface area contributed by atoms with Crippen molar-refractivity contribution in [3.8, 4) is 0 Å². The summed E-state index contributed by atoms with van der Waals surface area (Å²) >= 11 is 0. The predicted octanol–water partition coefficient (Wildman–Crippen LogP) is 0.219. The maximum atomic E-state index is 9.65. The molecule has 0 fully saturated rings. The second-order valence-corrected chi connectivity index (χ2v) is 3.83. The van der Waals surface area contributed by atoms with Crippen LogP contribution in [0.2, 0.25) is 0 Å². The van der Waals surface area contributed by atoms with Crippen molar-refractivity contribution in [1.82, 2.24) is 0 Å². The average molecular weight is 206 g/mol. The monoisotopic (exact) mass is 206 g/mol. The zero-order valence-corrected chi connectivity index (χ0v) is 8.65. The summed E-state index contributed by atoms with van der Waals surface area (Å²) in [5.41, 5.74) is 3.17. The van der Waals surface area contributed by atoms with Crippen molar-refractivity contribution in [2.45, 2.75) is 25.9 Å². The van der Waals surface area contributed by atoms with Gasteiger partial charge in [-0.3, -0.25) is 0 Å². The van der Waals surface area contributed by atoms with E-state index in [4.69, 9.17) is 9.76 Å². The molecule has 0 unspecified atom stereocenters. The summed E-state index contributed by atoms with van der Waals surface area (Å²) < 4.78 is 5.18. The molecule has 4 heteroatoms. The number of unbranched alkanes of at least 4 members (excludes halogenated alkanes) is 1. The highest BCUT2D eigenvalue weighted by molar-refractivity contribution is 6.62. The molecule has 0 bridgehead atoms. The molecule has 0 radical (unpaired) electrons. The van der Waals surface area contributed by atoms with Gasteiger partial charge in [-0.05, 0) is 35.9 Å². The first-order chi connectivity index (χ1) is 7.33. The van der Waals surface area contributed by atoms with E-state index in [1.165, 1.54) is 0 Å². The van der Waals surface area contributed by atoms with Gasteiger partial charge in [0.2, 0.25) is 0 Å². The van der Waals surface area contributed by atoms with Gasteiger partial charge >= 0.3 is 7.12 Å². The SMILES string of the molecule is OCCCCc1cccc2c1B(O)OC2. The summed E-state index contributed by atoms with van der Waals surface area (Å²) in [5.74, 6) is 0. The number of benzene rings is 1. The minimum Gasteiger partial charge on any atom is -0.423 e. The first-order valence-corrected chi connectivity index (χ1v) is 5.34. The second-order valence-electron chi connectivity index (χ2n) is 3.83. The van der Waals surface area contributed by atoms with Crippen molar-refractivity contribution in [2.75, 3.05) is 6.61 Å². The van der Waals surface area contributed by atoms with E-state index < -0.39 is 7.12 Å². The van der Waals surface area contributed by atoms with Crippen molar-refractivity contribution < 1.29 is 14.8 Å². The van der Waals surface area contributed by atoms with Crippen LogP contribution >= 0.6 is 0 Å². The standard InChI is InChI=1S/C11H15BO3/c13-7-2-1-4-9-5-3-6-10-8-15-12(14)11(9)10/h3,5-6,13-14H,1-2,4,7-8H2. The van der Waals surface area contributed by atoms with E-state index in [1.54, 1.807) is 0 Å². The fourth-order valence-corrected chi connectivity index (χ4v) is 2.01. The fourth-order valence-electron chi connectivity index (χ4n) is 2.01. The van der Waals surface area contributed by atoms with Gasteiger partial charge in [0.1, 0.15) is 0 Å². The van der Waals surface area contributed by atoms with Crippen LogP contribution in [0.5, 0.6) is 0 Å². The van der Waals surface area contributed by atoms with Crippen LogP contribution in [-0.4, -0.2) is 23.9 Å². The van der Waals surface area contributed by atoms with Gasteiger partial charge < -0.3 is 14.8 Å². The van der Waals surface area contributed by atoms with Gasteiger partial charge in [0.25, 0.3) is 0 Å². The molecular formula is C11H15BO3. The molecule has 3 nitrogen and oxygen atoms in total. The minimum absolute atomic E-state index is 0.230. The molecule has 0 aliphatic carbocycles. The molecule has 80 valence electrons. The van der Waals surface area contributed by atoms with Crippen LogP contribution in [0.4, 0.5) is 0 Å². The molecule has 0 saturated heterocycles. The zero-order valence-electron chi connectivity index (χ0n) is 8.65. The number of rotatable bonds is 4. The topological polar surface area (TPSA) is 49.7 Å². The van der Waals surface area contributed by atoms with Crippen molar-refractivity contribution in [1.29, 1.82) is 0 Å². The van der Waals surface area contributed by atoms with Gasteiger partial charge in [-0.25, -0.2) is 0 Å². The first kappa shape index (κ1) is 10.7. The molecule has 2 N–H and O–H groups in total. The Morgan fingerprint density at radius 1 is 1.33 bits per heavy atom.